The minimum Gasteiger partial charge on any atom is -0.478 e. The molecule has 2 aromatic heterocycles. The molecule has 1 amide bonds. The summed E-state index contributed by atoms with van der Waals surface area (Å²) in [4.78, 5) is 47.7. The highest BCUT2D eigenvalue weighted by molar-refractivity contribution is 5.88. The van der Waals surface area contributed by atoms with Crippen molar-refractivity contribution in [2.75, 3.05) is 7.05 Å². The molecule has 0 aliphatic carbocycles. The van der Waals surface area contributed by atoms with E-state index in [1.54, 1.807) is 0 Å². The average molecular weight is 335 g/mol. The van der Waals surface area contributed by atoms with E-state index in [0.717, 1.165) is 9.13 Å². The highest BCUT2D eigenvalue weighted by Gasteiger charge is 2.17. The van der Waals surface area contributed by atoms with Gasteiger partial charge in [0.15, 0.2) is 0 Å². The lowest BCUT2D eigenvalue weighted by atomic mass is 10.2. The number of carbonyl (C=O) groups excluding carboxylic acids is 1. The maximum atomic E-state index is 12.2. The number of likely N-dealkylation sites (N-methyl/N-ethyl adjacent to an activating group) is 1. The third-order valence-electron chi connectivity index (χ3n) is 3.58. The molecule has 0 aliphatic heterocycles. The first-order valence-corrected chi connectivity index (χ1v) is 7.03. The van der Waals surface area contributed by atoms with Crippen molar-refractivity contribution in [3.8, 4) is 0 Å². The minimum absolute atomic E-state index is 0.0418. The first-order chi connectivity index (χ1) is 11.2. The van der Waals surface area contributed by atoms with Gasteiger partial charge in [-0.25, -0.2) is 9.59 Å². The first kappa shape index (κ1) is 17.3. The summed E-state index contributed by atoms with van der Waals surface area (Å²) < 4.78 is 7.34. The highest BCUT2D eigenvalue weighted by Crippen LogP contribution is 2.16. The Hall–Kier alpha value is -3.10. The second kappa shape index (κ2) is 6.57. The molecule has 0 atom stereocenters. The van der Waals surface area contributed by atoms with Gasteiger partial charge in [-0.15, -0.1) is 0 Å². The third-order valence-corrected chi connectivity index (χ3v) is 3.58. The van der Waals surface area contributed by atoms with Crippen LogP contribution in [0.4, 0.5) is 0 Å². The van der Waals surface area contributed by atoms with E-state index >= 15 is 0 Å². The van der Waals surface area contributed by atoms with E-state index in [-0.39, 0.29) is 30.3 Å². The van der Waals surface area contributed by atoms with Crippen LogP contribution in [0.2, 0.25) is 0 Å². The zero-order valence-corrected chi connectivity index (χ0v) is 13.5. The second-order valence-corrected chi connectivity index (χ2v) is 5.36. The summed E-state index contributed by atoms with van der Waals surface area (Å²) >= 11 is 0. The van der Waals surface area contributed by atoms with Gasteiger partial charge in [0, 0.05) is 26.4 Å². The molecule has 128 valence electrons. The van der Waals surface area contributed by atoms with Gasteiger partial charge < -0.3 is 14.4 Å². The number of aryl methyl sites for hydroxylation is 1. The van der Waals surface area contributed by atoms with Crippen LogP contribution in [0.15, 0.2) is 32.3 Å². The molecule has 1 N–H and O–H groups in total. The number of carboxylic acids is 1. The maximum absolute atomic E-state index is 12.2. The van der Waals surface area contributed by atoms with E-state index in [1.165, 1.54) is 44.2 Å². The Morgan fingerprint density at radius 3 is 2.58 bits per heavy atom. The SMILES string of the molecule is Cc1oc(CN(C)C(=O)Cn2ccc(=O)n(C)c2=O)cc1C(=O)O. The summed E-state index contributed by atoms with van der Waals surface area (Å²) in [7, 11) is 2.84. The van der Waals surface area contributed by atoms with Gasteiger partial charge in [-0.3, -0.25) is 18.7 Å². The minimum atomic E-state index is -1.10. The Bertz CT molecular complexity index is 905. The molecule has 2 rings (SSSR count). The summed E-state index contributed by atoms with van der Waals surface area (Å²) in [6.07, 6.45) is 1.26. The van der Waals surface area contributed by atoms with Gasteiger partial charge in [0.1, 0.15) is 23.6 Å². The van der Waals surface area contributed by atoms with Gasteiger partial charge in [0.05, 0.1) is 6.54 Å². The van der Waals surface area contributed by atoms with E-state index < -0.39 is 17.2 Å². The predicted molar refractivity (Wildman–Crippen MR) is 82.8 cm³/mol. The van der Waals surface area contributed by atoms with Crippen molar-refractivity contribution in [1.82, 2.24) is 14.0 Å². The molecule has 0 aliphatic rings. The van der Waals surface area contributed by atoms with Crippen molar-refractivity contribution >= 4 is 11.9 Å². The van der Waals surface area contributed by atoms with E-state index in [0.29, 0.717) is 5.76 Å². The van der Waals surface area contributed by atoms with E-state index in [9.17, 15) is 19.2 Å². The lowest BCUT2D eigenvalue weighted by Gasteiger charge is -2.16. The fraction of sp³-hybridized carbons (Fsp3) is 0.333. The fourth-order valence-electron chi connectivity index (χ4n) is 2.16. The molecule has 0 fully saturated rings. The molecule has 9 nitrogen and oxygen atoms in total. The number of hydrogen-bond acceptors (Lipinski definition) is 5. The van der Waals surface area contributed by atoms with Crippen LogP contribution in [-0.4, -0.2) is 38.1 Å². The summed E-state index contributed by atoms with van der Waals surface area (Å²) in [6.45, 7) is 1.35. The van der Waals surface area contributed by atoms with Crippen molar-refractivity contribution < 1.29 is 19.1 Å². The Morgan fingerprint density at radius 2 is 2.00 bits per heavy atom. The van der Waals surface area contributed by atoms with Crippen molar-refractivity contribution in [3.63, 3.8) is 0 Å². The zero-order valence-electron chi connectivity index (χ0n) is 13.5. The van der Waals surface area contributed by atoms with Crippen molar-refractivity contribution in [3.05, 3.63) is 56.3 Å². The van der Waals surface area contributed by atoms with Crippen LogP contribution in [-0.2, 0) is 24.9 Å². The van der Waals surface area contributed by atoms with Crippen molar-refractivity contribution in [1.29, 1.82) is 0 Å². The summed E-state index contributed by atoms with van der Waals surface area (Å²) in [6, 6.07) is 2.56. The number of amides is 1. The molecule has 0 spiro atoms. The number of carbonyl (C=O) groups is 2. The quantitative estimate of drug-likeness (QED) is 0.809. The molecular formula is C15H17N3O6. The van der Waals surface area contributed by atoms with E-state index in [1.807, 2.05) is 0 Å². The molecule has 0 aromatic carbocycles. The Kier molecular flexibility index (Phi) is 4.72. The van der Waals surface area contributed by atoms with Gasteiger partial charge in [0.2, 0.25) is 5.91 Å². The van der Waals surface area contributed by atoms with Crippen molar-refractivity contribution in [2.45, 2.75) is 20.0 Å². The summed E-state index contributed by atoms with van der Waals surface area (Å²) in [5.74, 6) is -0.906. The Labute approximate surface area is 136 Å². The molecular weight excluding hydrogens is 318 g/mol. The van der Waals surface area contributed by atoms with Gasteiger partial charge in [-0.05, 0) is 13.0 Å². The zero-order chi connectivity index (χ0) is 18.0. The van der Waals surface area contributed by atoms with E-state index in [2.05, 4.69) is 0 Å². The average Bonchev–Trinajstić information content (AvgIpc) is 2.88. The number of carboxylic acid groups (broad SMARTS) is 1. The number of rotatable bonds is 5. The molecule has 9 heteroatoms. The molecule has 2 aromatic rings. The molecule has 0 bridgehead atoms. The lowest BCUT2D eigenvalue weighted by molar-refractivity contribution is -0.131. The summed E-state index contributed by atoms with van der Waals surface area (Å²) in [5, 5.41) is 8.99. The highest BCUT2D eigenvalue weighted by atomic mass is 16.4. The number of aromatic nitrogens is 2. The lowest BCUT2D eigenvalue weighted by Crippen LogP contribution is -2.40. The van der Waals surface area contributed by atoms with Crippen LogP contribution in [0, 0.1) is 6.92 Å². The van der Waals surface area contributed by atoms with Crippen molar-refractivity contribution in [2.24, 2.45) is 7.05 Å². The van der Waals surface area contributed by atoms with Crippen LogP contribution in [0.3, 0.4) is 0 Å². The maximum Gasteiger partial charge on any atom is 0.339 e. The smallest absolute Gasteiger partial charge is 0.339 e. The van der Waals surface area contributed by atoms with Crippen LogP contribution in [0.25, 0.3) is 0 Å². The first-order valence-electron chi connectivity index (χ1n) is 7.03. The number of furan rings is 1. The van der Waals surface area contributed by atoms with Gasteiger partial charge in [0.25, 0.3) is 5.56 Å². The van der Waals surface area contributed by atoms with Gasteiger partial charge in [-0.1, -0.05) is 0 Å². The van der Waals surface area contributed by atoms with E-state index in [4.69, 9.17) is 9.52 Å². The Morgan fingerprint density at radius 1 is 1.33 bits per heavy atom. The van der Waals surface area contributed by atoms with Crippen LogP contribution >= 0.6 is 0 Å². The molecule has 0 unspecified atom stereocenters. The molecule has 0 radical (unpaired) electrons. The van der Waals surface area contributed by atoms with Crippen LogP contribution < -0.4 is 11.2 Å². The largest absolute Gasteiger partial charge is 0.478 e. The number of nitrogens with zero attached hydrogens (tertiary/aromatic N) is 3. The predicted octanol–water partition coefficient (Wildman–Crippen LogP) is -0.195. The molecule has 0 saturated heterocycles. The normalized spacial score (nSPS) is 10.6. The third kappa shape index (κ3) is 3.45. The van der Waals surface area contributed by atoms with Crippen LogP contribution in [0.5, 0.6) is 0 Å². The topological polar surface area (TPSA) is 115 Å². The summed E-state index contributed by atoms with van der Waals surface area (Å²) in [5.41, 5.74) is -1.00. The second-order valence-electron chi connectivity index (χ2n) is 5.36. The molecule has 0 saturated carbocycles. The Balaban J connectivity index is 2.12. The van der Waals surface area contributed by atoms with Crippen LogP contribution in [0.1, 0.15) is 21.9 Å². The molecule has 2 heterocycles. The van der Waals surface area contributed by atoms with Gasteiger partial charge in [-0.2, -0.15) is 0 Å². The fourth-order valence-corrected chi connectivity index (χ4v) is 2.16. The van der Waals surface area contributed by atoms with Gasteiger partial charge >= 0.3 is 11.7 Å². The number of aromatic carboxylic acids is 1. The number of hydrogen-bond donors (Lipinski definition) is 1. The molecule has 24 heavy (non-hydrogen) atoms. The standard InChI is InChI=1S/C15H17N3O6/c1-9-11(14(21)22)6-10(24-9)7-16(2)13(20)8-18-5-4-12(19)17(3)15(18)23/h4-6H,7-8H2,1-3H3,(H,21,22). The monoisotopic (exact) mass is 335 g/mol.